The summed E-state index contributed by atoms with van der Waals surface area (Å²) in [5.41, 5.74) is 22.7. The van der Waals surface area contributed by atoms with Gasteiger partial charge in [0.05, 0.1) is 63.2 Å². The molecule has 0 bridgehead atoms. The summed E-state index contributed by atoms with van der Waals surface area (Å²) in [4.78, 5) is 47.1. The maximum Gasteiger partial charge on any atom is 0.253 e. The second-order valence-corrected chi connectivity index (χ2v) is 30.0. The van der Waals surface area contributed by atoms with Crippen molar-refractivity contribution < 1.29 is 34.8 Å². The molecule has 4 N–H and O–H groups in total. The summed E-state index contributed by atoms with van der Waals surface area (Å²) in [5, 5.41) is 48.3. The van der Waals surface area contributed by atoms with Crippen LogP contribution in [0.25, 0.3) is 43.6 Å². The molecule has 4 unspecified atom stereocenters. The minimum atomic E-state index is -0.626. The molecule has 20 heteroatoms. The summed E-state index contributed by atoms with van der Waals surface area (Å²) in [6.45, 7) is 15.8. The van der Waals surface area contributed by atoms with Crippen molar-refractivity contribution in [2.75, 3.05) is 75.6 Å². The van der Waals surface area contributed by atoms with E-state index >= 15 is 0 Å². The van der Waals surface area contributed by atoms with Crippen LogP contribution < -0.4 is 4.74 Å². The zero-order valence-corrected chi connectivity index (χ0v) is 63.6. The smallest absolute Gasteiger partial charge is 0.253 e. The van der Waals surface area contributed by atoms with Gasteiger partial charge < -0.3 is 67.9 Å². The number of fused-ring (bicyclic) bond motifs is 12. The third kappa shape index (κ3) is 16.0. The second-order valence-electron chi connectivity index (χ2n) is 29.1. The van der Waals surface area contributed by atoms with Gasteiger partial charge in [0.2, 0.25) is 5.88 Å². The first-order valence-electron chi connectivity index (χ1n) is 36.3. The Labute approximate surface area is 623 Å². The average Bonchev–Trinajstić information content (AvgIpc) is 1.62. The zero-order valence-electron chi connectivity index (χ0n) is 62.0. The Morgan fingerprint density at radius 2 is 0.857 bits per heavy atom. The van der Waals surface area contributed by atoms with E-state index in [4.69, 9.17) is 4.74 Å². The highest BCUT2D eigenvalue weighted by atomic mass is 79.9. The van der Waals surface area contributed by atoms with Crippen molar-refractivity contribution in [1.82, 2.24) is 57.7 Å². The zero-order chi connectivity index (χ0) is 73.9. The van der Waals surface area contributed by atoms with Crippen molar-refractivity contribution in [2.24, 2.45) is 0 Å². The van der Waals surface area contributed by atoms with Gasteiger partial charge in [0, 0.05) is 211 Å². The number of nitrogens with zero attached hydrogens (tertiary/aromatic N) is 12. The van der Waals surface area contributed by atoms with E-state index < -0.39 is 24.4 Å². The van der Waals surface area contributed by atoms with Crippen molar-refractivity contribution in [2.45, 2.75) is 123 Å². The van der Waals surface area contributed by atoms with Crippen LogP contribution in [0, 0.1) is 13.8 Å². The van der Waals surface area contributed by atoms with Crippen molar-refractivity contribution in [3.05, 3.63) is 258 Å². The predicted octanol–water partition coefficient (Wildman–Crippen LogP) is 12.9. The SMILES string of the molecule is CC(=O)c1ccc2c(c1)c1c(n2CC(O)c2ccncc2)CCN(C)C1.CN1CCc2c(c3cccc(Br)c3n2CC(O)c2ccncc2)C1.COc1ccc(C(O)Cn2c3c(c4cc(C)ccc42)CN(C)CC3)cn1.Cc1ccc2c(c1)c1c(n2CC(O)c2ccc(C(=O)N(C)C)cc2)CCN(C)C1. The maximum absolute atomic E-state index is 12.1. The normalized spacial score (nSPS) is 15.8. The first kappa shape index (κ1) is 74.1. The molecule has 0 aliphatic carbocycles. The van der Waals surface area contributed by atoms with Gasteiger partial charge in [0.1, 0.15) is 0 Å². The highest BCUT2D eigenvalue weighted by Gasteiger charge is 2.30. The van der Waals surface area contributed by atoms with Crippen LogP contribution in [0.2, 0.25) is 0 Å². The molecule has 12 aromatic rings. The van der Waals surface area contributed by atoms with Gasteiger partial charge in [0.15, 0.2) is 5.78 Å². The largest absolute Gasteiger partial charge is 0.481 e. The van der Waals surface area contributed by atoms with Crippen LogP contribution in [0.1, 0.15) is 130 Å². The number of likely N-dealkylation sites (N-methyl/N-ethyl adjacent to an activating group) is 4. The number of rotatable bonds is 15. The number of hydrogen-bond acceptors (Lipinski definition) is 14. The van der Waals surface area contributed by atoms with Gasteiger partial charge >= 0.3 is 0 Å². The maximum atomic E-state index is 12.1. The number of carbonyl (C=O) groups is 2. The first-order chi connectivity index (χ1) is 50.6. The van der Waals surface area contributed by atoms with Gasteiger partial charge in [-0.2, -0.15) is 0 Å². The fraction of sp³-hybridized carbons (Fsp3) is 0.353. The molecule has 105 heavy (non-hydrogen) atoms. The van der Waals surface area contributed by atoms with Crippen molar-refractivity contribution in [3.63, 3.8) is 0 Å². The molecule has 7 aromatic heterocycles. The van der Waals surface area contributed by atoms with E-state index in [-0.39, 0.29) is 11.7 Å². The lowest BCUT2D eigenvalue weighted by molar-refractivity contribution is 0.0827. The van der Waals surface area contributed by atoms with E-state index in [0.717, 1.165) is 121 Å². The second kappa shape index (κ2) is 32.3. The Morgan fingerprint density at radius 3 is 1.28 bits per heavy atom. The van der Waals surface area contributed by atoms with E-state index in [0.29, 0.717) is 37.6 Å². The number of hydrogen-bond donors (Lipinski definition) is 4. The molecular weight excluding hydrogens is 1380 g/mol. The molecule has 19 nitrogen and oxygen atoms in total. The van der Waals surface area contributed by atoms with Crippen LogP contribution in [-0.4, -0.2) is 165 Å². The Bertz CT molecular complexity index is 5090. The van der Waals surface area contributed by atoms with Crippen LogP contribution in [0.4, 0.5) is 0 Å². The highest BCUT2D eigenvalue weighted by Crippen LogP contribution is 2.39. The van der Waals surface area contributed by atoms with Crippen molar-refractivity contribution in [1.29, 1.82) is 0 Å². The number of aliphatic hydroxyl groups is 4. The lowest BCUT2D eigenvalue weighted by Crippen LogP contribution is -2.27. The fourth-order valence-electron chi connectivity index (χ4n) is 15.7. The number of aryl methyl sites for hydroxylation is 2. The number of ether oxygens (including phenoxy) is 1. The van der Waals surface area contributed by atoms with Gasteiger partial charge in [0.25, 0.3) is 5.91 Å². The number of aliphatic hydroxyl groups excluding tert-OH is 4. The van der Waals surface area contributed by atoms with Gasteiger partial charge in [-0.3, -0.25) is 19.6 Å². The number of methoxy groups -OCH3 is 1. The standard InChI is InChI=1S/C24H29N3O2.C21H25N3O2.C21H23N3O2.C19H20BrN3O/c1-16-5-10-21-19(13-16)20-14-26(4)12-11-22(20)27(21)15-23(28)17-6-8-18(9-7-17)24(29)25(2)3;1-14-4-6-18-16(10-14)17-12-23(2)9-8-19(17)24(18)13-20(25)15-5-7-21(26-3)22-11-15;1-14(25)16-3-4-19-17(11-16)18-12-23(2)10-7-20(18)24(19)13-21(26)15-5-8-22-9-6-15;1-22-10-7-17-15(11-22)14-3-2-4-16(20)19(14)23(17)12-18(24)13-5-8-21-9-6-13/h5-10,13,23,28H,11-12,14-15H2,1-4H3;4-7,10-11,20,25H,8-9,12-13H2,1-3H3;3-6,8-9,11,21,26H,7,10,12-13H2,1-2H3;2-6,8-9,18,24H,7,10-12H2,1H3. The molecule has 0 radical (unpaired) electrons. The molecular formula is C85H97BrN12O7. The van der Waals surface area contributed by atoms with Crippen LogP contribution in [0.5, 0.6) is 5.88 Å². The minimum absolute atomic E-state index is 0.0315. The monoisotopic (exact) mass is 1480 g/mol. The van der Waals surface area contributed by atoms with E-state index in [1.807, 2.05) is 60.7 Å². The number of halogens is 1. The van der Waals surface area contributed by atoms with Crippen LogP contribution in [0.15, 0.2) is 169 Å². The molecule has 4 atom stereocenters. The van der Waals surface area contributed by atoms with Crippen LogP contribution in [0.3, 0.4) is 0 Å². The molecule has 11 heterocycles. The molecule has 0 saturated carbocycles. The molecule has 4 aliphatic heterocycles. The number of para-hydroxylation sites is 1. The molecule has 5 aromatic carbocycles. The topological polar surface area (TPSA) is 199 Å². The summed E-state index contributed by atoms with van der Waals surface area (Å²) in [7, 11) is 13.7. The summed E-state index contributed by atoms with van der Waals surface area (Å²) in [6, 6.07) is 43.9. The minimum Gasteiger partial charge on any atom is -0.481 e. The average molecular weight is 1480 g/mol. The number of pyridine rings is 3. The molecule has 0 saturated heterocycles. The number of Topliss-reactive ketones (excluding diaryl/α,β-unsaturated/α-hetero) is 1. The third-order valence-corrected chi connectivity index (χ3v) is 22.0. The Hall–Kier alpha value is -9.19. The quantitative estimate of drug-likeness (QED) is 0.0707. The lowest BCUT2D eigenvalue weighted by atomic mass is 10.0. The summed E-state index contributed by atoms with van der Waals surface area (Å²) >= 11 is 3.71. The molecule has 1 amide bonds. The molecule has 0 fully saturated rings. The molecule has 546 valence electrons. The van der Waals surface area contributed by atoms with E-state index in [1.54, 1.807) is 82.2 Å². The molecule has 0 spiro atoms. The highest BCUT2D eigenvalue weighted by molar-refractivity contribution is 9.10. The van der Waals surface area contributed by atoms with E-state index in [9.17, 15) is 30.0 Å². The van der Waals surface area contributed by atoms with Crippen molar-refractivity contribution in [3.8, 4) is 5.88 Å². The predicted molar refractivity (Wildman–Crippen MR) is 419 cm³/mol. The van der Waals surface area contributed by atoms with Gasteiger partial charge in [-0.05, 0) is 195 Å². The van der Waals surface area contributed by atoms with E-state index in [1.165, 1.54) is 88.9 Å². The molecule has 4 aliphatic rings. The summed E-state index contributed by atoms with van der Waals surface area (Å²) in [5.74, 6) is 0.605. The fourth-order valence-corrected chi connectivity index (χ4v) is 16.3. The van der Waals surface area contributed by atoms with Crippen LogP contribution >= 0.6 is 15.9 Å². The number of carbonyl (C=O) groups excluding carboxylic acids is 2. The Kier molecular flexibility index (Phi) is 22.8. The van der Waals surface area contributed by atoms with Crippen LogP contribution in [-0.2, 0) is 78.0 Å². The number of benzene rings is 5. The lowest BCUT2D eigenvalue weighted by Gasteiger charge is -2.25. The van der Waals surface area contributed by atoms with Gasteiger partial charge in [-0.15, -0.1) is 0 Å². The summed E-state index contributed by atoms with van der Waals surface area (Å²) in [6.07, 6.45) is 10.1. The third-order valence-electron chi connectivity index (χ3n) is 21.4. The molecule has 16 rings (SSSR count). The Morgan fingerprint density at radius 1 is 0.476 bits per heavy atom. The van der Waals surface area contributed by atoms with Crippen molar-refractivity contribution >= 4 is 71.2 Å². The number of ketones is 1. The summed E-state index contributed by atoms with van der Waals surface area (Å²) < 4.78 is 15.3. The first-order valence-corrected chi connectivity index (χ1v) is 37.1. The number of aromatic nitrogens is 7. The van der Waals surface area contributed by atoms with E-state index in [2.05, 4.69) is 165 Å². The Balaban J connectivity index is 0.000000124. The van der Waals surface area contributed by atoms with Gasteiger partial charge in [-0.25, -0.2) is 4.98 Å². The van der Waals surface area contributed by atoms with Gasteiger partial charge in [-0.1, -0.05) is 47.5 Å². The number of amides is 1.